The maximum atomic E-state index is 11.8. The van der Waals surface area contributed by atoms with Gasteiger partial charge >= 0.3 is 6.09 Å². The predicted molar refractivity (Wildman–Crippen MR) is 90.9 cm³/mol. The monoisotopic (exact) mass is 299 g/mol. The van der Waals surface area contributed by atoms with Gasteiger partial charge in [-0.25, -0.2) is 4.79 Å². The Kier molecular flexibility index (Phi) is 6.26. The molecule has 22 heavy (non-hydrogen) atoms. The van der Waals surface area contributed by atoms with Gasteiger partial charge in [0, 0.05) is 6.54 Å². The molecular formula is C19H25NO2. The van der Waals surface area contributed by atoms with Crippen molar-refractivity contribution in [2.24, 2.45) is 0 Å². The Balaban J connectivity index is 1.79. The van der Waals surface area contributed by atoms with Crippen LogP contribution < -0.4 is 5.32 Å². The Hall–Kier alpha value is -2.03. The molecule has 0 aliphatic carbocycles. The van der Waals surface area contributed by atoms with Crippen molar-refractivity contribution in [3.05, 3.63) is 48.0 Å². The van der Waals surface area contributed by atoms with E-state index in [9.17, 15) is 4.79 Å². The van der Waals surface area contributed by atoms with E-state index in [0.717, 1.165) is 18.4 Å². The summed E-state index contributed by atoms with van der Waals surface area (Å²) < 4.78 is 5.36. The molecule has 2 aromatic carbocycles. The quantitative estimate of drug-likeness (QED) is 0.728. The number of amides is 1. The number of alkyl carbamates (subject to hydrolysis) is 1. The molecule has 0 radical (unpaired) electrons. The van der Waals surface area contributed by atoms with Crippen LogP contribution in [0.25, 0.3) is 10.8 Å². The lowest BCUT2D eigenvalue weighted by molar-refractivity contribution is 0.100. The molecule has 0 saturated heterocycles. The zero-order chi connectivity index (χ0) is 15.8. The van der Waals surface area contributed by atoms with Gasteiger partial charge in [0.25, 0.3) is 0 Å². The summed E-state index contributed by atoms with van der Waals surface area (Å²) in [6.07, 6.45) is 4.04. The van der Waals surface area contributed by atoms with E-state index in [-0.39, 0.29) is 12.2 Å². The minimum absolute atomic E-state index is 0.0249. The lowest BCUT2D eigenvalue weighted by Gasteiger charge is -2.14. The first-order chi connectivity index (χ1) is 10.7. The van der Waals surface area contributed by atoms with E-state index in [1.165, 1.54) is 23.6 Å². The van der Waals surface area contributed by atoms with Crippen molar-refractivity contribution in [2.75, 3.05) is 0 Å². The van der Waals surface area contributed by atoms with E-state index in [2.05, 4.69) is 36.5 Å². The van der Waals surface area contributed by atoms with Gasteiger partial charge in [-0.15, -0.1) is 0 Å². The lowest BCUT2D eigenvalue weighted by atomic mass is 10.1. The Morgan fingerprint density at radius 3 is 2.68 bits per heavy atom. The average molecular weight is 299 g/mol. The molecule has 0 saturated carbocycles. The maximum absolute atomic E-state index is 11.8. The molecule has 0 fully saturated rings. The number of hydrogen-bond acceptors (Lipinski definition) is 2. The molecule has 0 aliphatic rings. The number of nitrogens with one attached hydrogen (secondary N) is 1. The maximum Gasteiger partial charge on any atom is 0.407 e. The molecule has 3 heteroatoms. The highest BCUT2D eigenvalue weighted by atomic mass is 16.6. The average Bonchev–Trinajstić information content (AvgIpc) is 2.53. The summed E-state index contributed by atoms with van der Waals surface area (Å²) in [7, 11) is 0. The lowest BCUT2D eigenvalue weighted by Crippen LogP contribution is -2.27. The Morgan fingerprint density at radius 1 is 1.14 bits per heavy atom. The summed E-state index contributed by atoms with van der Waals surface area (Å²) >= 11 is 0. The van der Waals surface area contributed by atoms with E-state index in [1.807, 2.05) is 25.1 Å². The molecule has 0 aliphatic heterocycles. The topological polar surface area (TPSA) is 38.3 Å². The number of fused-ring (bicyclic) bond motifs is 1. The van der Waals surface area contributed by atoms with Crippen LogP contribution >= 0.6 is 0 Å². The van der Waals surface area contributed by atoms with Crippen LogP contribution in [0, 0.1) is 0 Å². The number of carbonyl (C=O) groups is 1. The first-order valence-corrected chi connectivity index (χ1v) is 8.11. The molecule has 1 N–H and O–H groups in total. The Labute approximate surface area is 132 Å². The standard InChI is InChI=1S/C19H25NO2/c1-3-4-5-8-15(2)22-19(21)20-14-16-11-12-17-9-6-7-10-18(17)13-16/h6-7,9-13,15H,3-5,8,14H2,1-2H3,(H,20,21). The van der Waals surface area contributed by atoms with Crippen LogP contribution in [0.4, 0.5) is 4.79 Å². The second kappa shape index (κ2) is 8.42. The number of carbonyl (C=O) groups excluding carboxylic acids is 1. The fraction of sp³-hybridized carbons (Fsp3) is 0.421. The first kappa shape index (κ1) is 16.3. The van der Waals surface area contributed by atoms with Crippen molar-refractivity contribution in [1.82, 2.24) is 5.32 Å². The molecular weight excluding hydrogens is 274 g/mol. The van der Waals surface area contributed by atoms with Crippen LogP contribution in [0.3, 0.4) is 0 Å². The van der Waals surface area contributed by atoms with Crippen LogP contribution in [0.2, 0.25) is 0 Å². The van der Waals surface area contributed by atoms with Gasteiger partial charge in [0.15, 0.2) is 0 Å². The van der Waals surface area contributed by atoms with Gasteiger partial charge in [-0.05, 0) is 42.2 Å². The summed E-state index contributed by atoms with van der Waals surface area (Å²) in [5.41, 5.74) is 1.08. The SMILES string of the molecule is CCCCCC(C)OC(=O)NCc1ccc2ccccc2c1. The van der Waals surface area contributed by atoms with E-state index in [1.54, 1.807) is 0 Å². The minimum atomic E-state index is -0.336. The highest BCUT2D eigenvalue weighted by Gasteiger charge is 2.08. The Morgan fingerprint density at radius 2 is 1.91 bits per heavy atom. The zero-order valence-electron chi connectivity index (χ0n) is 13.5. The third kappa shape index (κ3) is 5.06. The third-order valence-electron chi connectivity index (χ3n) is 3.77. The fourth-order valence-corrected chi connectivity index (χ4v) is 2.49. The van der Waals surface area contributed by atoms with Crippen molar-refractivity contribution < 1.29 is 9.53 Å². The molecule has 1 atom stereocenters. The van der Waals surface area contributed by atoms with Crippen molar-refractivity contribution in [1.29, 1.82) is 0 Å². The summed E-state index contributed by atoms with van der Waals surface area (Å²) in [5, 5.41) is 5.21. The van der Waals surface area contributed by atoms with Gasteiger partial charge in [-0.3, -0.25) is 0 Å². The van der Waals surface area contributed by atoms with Crippen LogP contribution in [-0.2, 0) is 11.3 Å². The van der Waals surface area contributed by atoms with Crippen LogP contribution in [0.15, 0.2) is 42.5 Å². The van der Waals surface area contributed by atoms with E-state index < -0.39 is 0 Å². The van der Waals surface area contributed by atoms with Gasteiger partial charge in [-0.2, -0.15) is 0 Å². The zero-order valence-corrected chi connectivity index (χ0v) is 13.5. The number of benzene rings is 2. The molecule has 3 nitrogen and oxygen atoms in total. The smallest absolute Gasteiger partial charge is 0.407 e. The number of hydrogen-bond donors (Lipinski definition) is 1. The second-order valence-electron chi connectivity index (χ2n) is 5.75. The third-order valence-corrected chi connectivity index (χ3v) is 3.77. The van der Waals surface area contributed by atoms with Gasteiger partial charge < -0.3 is 10.1 Å². The summed E-state index contributed by atoms with van der Waals surface area (Å²) in [4.78, 5) is 11.8. The first-order valence-electron chi connectivity index (χ1n) is 8.11. The fourth-order valence-electron chi connectivity index (χ4n) is 2.49. The van der Waals surface area contributed by atoms with Crippen molar-refractivity contribution in [3.63, 3.8) is 0 Å². The predicted octanol–water partition coefficient (Wildman–Crippen LogP) is 5.03. The molecule has 0 spiro atoms. The Bertz CT molecular complexity index is 609. The van der Waals surface area contributed by atoms with Crippen molar-refractivity contribution >= 4 is 16.9 Å². The molecule has 0 aromatic heterocycles. The highest BCUT2D eigenvalue weighted by Crippen LogP contribution is 2.15. The van der Waals surface area contributed by atoms with E-state index >= 15 is 0 Å². The van der Waals surface area contributed by atoms with Gasteiger partial charge in [0.2, 0.25) is 0 Å². The van der Waals surface area contributed by atoms with E-state index in [4.69, 9.17) is 4.74 Å². The number of ether oxygens (including phenoxy) is 1. The van der Waals surface area contributed by atoms with E-state index in [0.29, 0.717) is 6.54 Å². The number of unbranched alkanes of at least 4 members (excludes halogenated alkanes) is 2. The normalized spacial score (nSPS) is 12.1. The van der Waals surface area contributed by atoms with Crippen molar-refractivity contribution in [3.8, 4) is 0 Å². The van der Waals surface area contributed by atoms with Crippen LogP contribution in [0.5, 0.6) is 0 Å². The summed E-state index contributed by atoms with van der Waals surface area (Å²) in [6.45, 7) is 4.61. The largest absolute Gasteiger partial charge is 0.447 e. The van der Waals surface area contributed by atoms with Crippen molar-refractivity contribution in [2.45, 2.75) is 52.2 Å². The summed E-state index contributed by atoms with van der Waals surface area (Å²) in [5.74, 6) is 0. The highest BCUT2D eigenvalue weighted by molar-refractivity contribution is 5.83. The van der Waals surface area contributed by atoms with Gasteiger partial charge in [0.05, 0.1) is 0 Å². The van der Waals surface area contributed by atoms with Crippen LogP contribution in [-0.4, -0.2) is 12.2 Å². The van der Waals surface area contributed by atoms with Gasteiger partial charge in [-0.1, -0.05) is 56.2 Å². The van der Waals surface area contributed by atoms with Gasteiger partial charge in [0.1, 0.15) is 6.10 Å². The minimum Gasteiger partial charge on any atom is -0.447 e. The molecule has 0 bridgehead atoms. The molecule has 1 amide bonds. The number of rotatable bonds is 7. The van der Waals surface area contributed by atoms with Crippen LogP contribution in [0.1, 0.15) is 45.1 Å². The molecule has 1 unspecified atom stereocenters. The molecule has 2 aromatic rings. The summed E-state index contributed by atoms with van der Waals surface area (Å²) in [6, 6.07) is 14.4. The molecule has 0 heterocycles. The molecule has 118 valence electrons. The molecule has 2 rings (SSSR count). The second-order valence-corrected chi connectivity index (χ2v) is 5.75.